The maximum Gasteiger partial charge on any atom is 0.153 e. The van der Waals surface area contributed by atoms with E-state index in [1.807, 2.05) is 0 Å². The molecule has 0 aromatic rings. The van der Waals surface area contributed by atoms with Crippen molar-refractivity contribution in [3.05, 3.63) is 0 Å². The van der Waals surface area contributed by atoms with Crippen LogP contribution >= 0.6 is 0 Å². The topological polar surface area (TPSA) is 29.5 Å². The summed E-state index contributed by atoms with van der Waals surface area (Å²) in [4.78, 5) is 4.02. The second kappa shape index (κ2) is 2.71. The lowest BCUT2D eigenvalue weighted by atomic mass is 10.1. The molecule has 1 rings (SSSR count). The molecule has 0 bridgehead atoms. The van der Waals surface area contributed by atoms with Crippen molar-refractivity contribution < 1.29 is 10.1 Å². The van der Waals surface area contributed by atoms with Gasteiger partial charge in [-0.25, -0.2) is 4.89 Å². The fourth-order valence-corrected chi connectivity index (χ4v) is 0.713. The van der Waals surface area contributed by atoms with Crippen LogP contribution in [0.5, 0.6) is 0 Å². The van der Waals surface area contributed by atoms with E-state index in [0.29, 0.717) is 0 Å². The Morgan fingerprint density at radius 3 is 2.88 bits per heavy atom. The molecule has 44 valence electrons. The lowest BCUT2D eigenvalue weighted by Crippen LogP contribution is -2.09. The minimum Gasteiger partial charge on any atom is -0.251 e. The highest BCUT2D eigenvalue weighted by Gasteiger charge is 2.05. The van der Waals surface area contributed by atoms with E-state index in [1.54, 1.807) is 0 Å². The quantitative estimate of drug-likeness (QED) is 0.312. The largest absolute Gasteiger partial charge is 0.251 e. The highest BCUT2D eigenvalue weighted by atomic mass is 17.1. The van der Waals surface area contributed by atoms with Gasteiger partial charge in [0.15, 0.2) is 6.10 Å². The fourth-order valence-electron chi connectivity index (χ4n) is 0.713. The van der Waals surface area contributed by atoms with E-state index >= 15 is 0 Å². The number of hydrogen-bond donors (Lipinski definition) is 1. The molecule has 2 heteroatoms. The van der Waals surface area contributed by atoms with Crippen molar-refractivity contribution in [1.29, 1.82) is 0 Å². The van der Waals surface area contributed by atoms with Gasteiger partial charge in [-0.15, -0.1) is 5.92 Å². The Hall–Kier alpha value is -0.520. The standard InChI is InChI=1S/C6H8O2/c7-8-6-4-2-1-3-5-6/h6-7H,1-2,4H2. The molecule has 0 aromatic heterocycles. The maximum absolute atomic E-state index is 8.09. The first kappa shape index (κ1) is 5.61. The molecule has 1 unspecified atom stereocenters. The zero-order valence-corrected chi connectivity index (χ0v) is 4.55. The number of hydrogen-bond acceptors (Lipinski definition) is 2. The van der Waals surface area contributed by atoms with E-state index < -0.39 is 0 Å². The van der Waals surface area contributed by atoms with Gasteiger partial charge in [0, 0.05) is 6.42 Å². The van der Waals surface area contributed by atoms with Crippen LogP contribution in [0.1, 0.15) is 19.3 Å². The highest BCUT2D eigenvalue weighted by molar-refractivity contribution is 5.08. The zero-order valence-electron chi connectivity index (χ0n) is 4.55. The Balaban J connectivity index is 2.39. The Morgan fingerprint density at radius 1 is 1.62 bits per heavy atom. The normalized spacial score (nSPS) is 26.4. The van der Waals surface area contributed by atoms with Crippen LogP contribution in [0.4, 0.5) is 0 Å². The summed E-state index contributed by atoms with van der Waals surface area (Å²) < 4.78 is 0. The summed E-state index contributed by atoms with van der Waals surface area (Å²) in [5.41, 5.74) is 0. The molecular weight excluding hydrogens is 104 g/mol. The third kappa shape index (κ3) is 1.22. The van der Waals surface area contributed by atoms with Crippen molar-refractivity contribution in [2.45, 2.75) is 25.4 Å². The van der Waals surface area contributed by atoms with Crippen molar-refractivity contribution in [2.24, 2.45) is 0 Å². The highest BCUT2D eigenvalue weighted by Crippen LogP contribution is 2.06. The molecule has 0 saturated carbocycles. The van der Waals surface area contributed by atoms with Crippen LogP contribution in [0.15, 0.2) is 0 Å². The van der Waals surface area contributed by atoms with Crippen molar-refractivity contribution in [1.82, 2.24) is 0 Å². The summed E-state index contributed by atoms with van der Waals surface area (Å²) in [6.07, 6.45) is 2.63. The van der Waals surface area contributed by atoms with Crippen LogP contribution in [0.2, 0.25) is 0 Å². The predicted molar refractivity (Wildman–Crippen MR) is 29.1 cm³/mol. The molecule has 0 aromatic carbocycles. The van der Waals surface area contributed by atoms with Crippen molar-refractivity contribution in [3.63, 3.8) is 0 Å². The average molecular weight is 112 g/mol. The first-order valence-electron chi connectivity index (χ1n) is 2.72. The summed E-state index contributed by atoms with van der Waals surface area (Å²) in [5, 5.41) is 8.09. The molecule has 1 aliphatic rings. The van der Waals surface area contributed by atoms with Gasteiger partial charge in [0.25, 0.3) is 0 Å². The summed E-state index contributed by atoms with van der Waals surface area (Å²) in [6.45, 7) is 0. The Kier molecular flexibility index (Phi) is 1.90. The number of rotatable bonds is 1. The molecule has 0 radical (unpaired) electrons. The van der Waals surface area contributed by atoms with Gasteiger partial charge in [0.1, 0.15) is 0 Å². The smallest absolute Gasteiger partial charge is 0.153 e. The molecule has 8 heavy (non-hydrogen) atoms. The van der Waals surface area contributed by atoms with E-state index in [2.05, 4.69) is 16.7 Å². The summed E-state index contributed by atoms with van der Waals surface area (Å²) >= 11 is 0. The maximum atomic E-state index is 8.09. The monoisotopic (exact) mass is 112 g/mol. The van der Waals surface area contributed by atoms with Crippen LogP contribution in [0, 0.1) is 11.8 Å². The van der Waals surface area contributed by atoms with Gasteiger partial charge in [-0.1, -0.05) is 5.92 Å². The van der Waals surface area contributed by atoms with Crippen molar-refractivity contribution in [3.8, 4) is 11.8 Å². The van der Waals surface area contributed by atoms with Crippen LogP contribution in [-0.4, -0.2) is 11.4 Å². The van der Waals surface area contributed by atoms with Gasteiger partial charge in [0.2, 0.25) is 0 Å². The van der Waals surface area contributed by atoms with Gasteiger partial charge < -0.3 is 0 Å². The summed E-state index contributed by atoms with van der Waals surface area (Å²) in [5.74, 6) is 5.60. The van der Waals surface area contributed by atoms with Crippen molar-refractivity contribution >= 4 is 0 Å². The van der Waals surface area contributed by atoms with Gasteiger partial charge in [-0.3, -0.25) is 5.26 Å². The predicted octanol–water partition coefficient (Wildman–Crippen LogP) is 1.03. The van der Waals surface area contributed by atoms with Gasteiger partial charge >= 0.3 is 0 Å². The molecule has 0 saturated heterocycles. The van der Waals surface area contributed by atoms with Crippen LogP contribution in [-0.2, 0) is 4.89 Å². The van der Waals surface area contributed by atoms with Gasteiger partial charge in [-0.05, 0) is 12.8 Å². The van der Waals surface area contributed by atoms with Crippen LogP contribution in [0.3, 0.4) is 0 Å². The van der Waals surface area contributed by atoms with E-state index in [-0.39, 0.29) is 6.10 Å². The molecule has 0 amide bonds. The summed E-state index contributed by atoms with van der Waals surface area (Å²) in [7, 11) is 0. The van der Waals surface area contributed by atoms with E-state index in [4.69, 9.17) is 5.26 Å². The molecule has 1 atom stereocenters. The molecule has 2 nitrogen and oxygen atoms in total. The Bertz CT molecular complexity index is 120. The lowest BCUT2D eigenvalue weighted by Gasteiger charge is -2.07. The molecule has 1 aliphatic carbocycles. The van der Waals surface area contributed by atoms with Crippen LogP contribution in [0.25, 0.3) is 0 Å². The molecule has 0 heterocycles. The van der Waals surface area contributed by atoms with Crippen LogP contribution < -0.4 is 0 Å². The van der Waals surface area contributed by atoms with Gasteiger partial charge in [0.05, 0.1) is 0 Å². The lowest BCUT2D eigenvalue weighted by molar-refractivity contribution is -0.264. The average Bonchev–Trinajstić information content (AvgIpc) is 1.90. The minimum atomic E-state index is -0.219. The van der Waals surface area contributed by atoms with E-state index in [9.17, 15) is 0 Å². The third-order valence-corrected chi connectivity index (χ3v) is 1.16. The first-order chi connectivity index (χ1) is 3.93. The second-order valence-electron chi connectivity index (χ2n) is 1.81. The minimum absolute atomic E-state index is 0.219. The second-order valence-corrected chi connectivity index (χ2v) is 1.81. The van der Waals surface area contributed by atoms with E-state index in [1.165, 1.54) is 0 Å². The van der Waals surface area contributed by atoms with E-state index in [0.717, 1.165) is 19.3 Å². The Labute approximate surface area is 48.4 Å². The molecule has 0 fully saturated rings. The zero-order chi connectivity index (χ0) is 5.82. The molecular formula is C6H8O2. The van der Waals surface area contributed by atoms with Crippen molar-refractivity contribution in [2.75, 3.05) is 0 Å². The summed E-state index contributed by atoms with van der Waals surface area (Å²) in [6, 6.07) is 0. The SMILES string of the molecule is OOC1C#CCCC1. The fraction of sp³-hybridized carbons (Fsp3) is 0.667. The third-order valence-electron chi connectivity index (χ3n) is 1.16. The first-order valence-corrected chi connectivity index (χ1v) is 2.72. The Morgan fingerprint density at radius 2 is 2.50 bits per heavy atom. The molecule has 1 N–H and O–H groups in total. The molecule has 0 spiro atoms. The molecule has 0 aliphatic heterocycles. The van der Waals surface area contributed by atoms with Gasteiger partial charge in [-0.2, -0.15) is 0 Å².